The Bertz CT molecular complexity index is 467. The van der Waals surface area contributed by atoms with Crippen molar-refractivity contribution in [3.8, 4) is 0 Å². The summed E-state index contributed by atoms with van der Waals surface area (Å²) in [6.45, 7) is 1.63. The van der Waals surface area contributed by atoms with Crippen LogP contribution in [0.5, 0.6) is 0 Å². The maximum absolute atomic E-state index is 5.82. The maximum atomic E-state index is 5.82. The molecule has 2 aliphatic carbocycles. The first-order valence-electron chi connectivity index (χ1n) is 7.36. The molecule has 19 heavy (non-hydrogen) atoms. The molecule has 2 bridgehead atoms. The first-order chi connectivity index (χ1) is 9.42. The summed E-state index contributed by atoms with van der Waals surface area (Å²) in [6.07, 6.45) is 8.20. The van der Waals surface area contributed by atoms with Crippen LogP contribution in [0.2, 0.25) is 0 Å². The summed E-state index contributed by atoms with van der Waals surface area (Å²) < 4.78 is 11.5. The number of hydrogen-bond acceptors (Lipinski definition) is 2. The molecule has 2 saturated carbocycles. The van der Waals surface area contributed by atoms with Gasteiger partial charge in [-0.25, -0.2) is 0 Å². The third-order valence-electron chi connectivity index (χ3n) is 4.89. The molecule has 1 heterocycles. The van der Waals surface area contributed by atoms with Crippen LogP contribution in [-0.2, 0) is 9.47 Å². The summed E-state index contributed by atoms with van der Waals surface area (Å²) in [5.74, 6) is 2.40. The van der Waals surface area contributed by atoms with Gasteiger partial charge in [0.05, 0.1) is 25.4 Å². The molecule has 0 N–H and O–H groups in total. The predicted octanol–water partition coefficient (Wildman–Crippen LogP) is 3.14. The van der Waals surface area contributed by atoms with Gasteiger partial charge in [0.25, 0.3) is 0 Å². The molecular weight excluding hydrogens is 236 g/mol. The van der Waals surface area contributed by atoms with Gasteiger partial charge in [-0.1, -0.05) is 42.5 Å². The Morgan fingerprint density at radius 2 is 2.05 bits per heavy atom. The van der Waals surface area contributed by atoms with E-state index in [0.717, 1.165) is 31.0 Å². The summed E-state index contributed by atoms with van der Waals surface area (Å²) >= 11 is 0. The molecule has 1 aromatic rings. The zero-order valence-corrected chi connectivity index (χ0v) is 11.1. The van der Waals surface area contributed by atoms with Gasteiger partial charge in [0.15, 0.2) is 0 Å². The van der Waals surface area contributed by atoms with Crippen LogP contribution in [0.1, 0.15) is 18.4 Å². The zero-order chi connectivity index (χ0) is 12.7. The van der Waals surface area contributed by atoms with Crippen LogP contribution in [0.25, 0.3) is 6.08 Å². The molecule has 1 aromatic carbocycles. The van der Waals surface area contributed by atoms with E-state index in [0.29, 0.717) is 12.2 Å². The van der Waals surface area contributed by atoms with Crippen molar-refractivity contribution in [3.05, 3.63) is 42.0 Å². The molecule has 2 nitrogen and oxygen atoms in total. The number of hydrogen-bond donors (Lipinski definition) is 0. The molecule has 4 rings (SSSR count). The smallest absolute Gasteiger partial charge is 0.0876 e. The van der Waals surface area contributed by atoms with Crippen molar-refractivity contribution in [2.45, 2.75) is 25.0 Å². The Morgan fingerprint density at radius 1 is 1.16 bits per heavy atom. The Balaban J connectivity index is 1.21. The highest BCUT2D eigenvalue weighted by Gasteiger charge is 2.62. The van der Waals surface area contributed by atoms with E-state index in [2.05, 4.69) is 36.4 Å². The van der Waals surface area contributed by atoms with E-state index in [1.165, 1.54) is 18.4 Å². The third-order valence-corrected chi connectivity index (χ3v) is 4.89. The van der Waals surface area contributed by atoms with Crippen LogP contribution in [0.3, 0.4) is 0 Å². The number of benzene rings is 1. The number of ether oxygens (including phenoxy) is 2. The number of rotatable bonds is 5. The van der Waals surface area contributed by atoms with Crippen LogP contribution in [-0.4, -0.2) is 25.4 Å². The molecule has 0 amide bonds. The van der Waals surface area contributed by atoms with E-state index >= 15 is 0 Å². The molecule has 5 atom stereocenters. The van der Waals surface area contributed by atoms with Crippen molar-refractivity contribution >= 4 is 6.08 Å². The van der Waals surface area contributed by atoms with E-state index in [9.17, 15) is 0 Å². The minimum absolute atomic E-state index is 0.604. The van der Waals surface area contributed by atoms with E-state index in [1.54, 1.807) is 0 Å². The van der Waals surface area contributed by atoms with Crippen LogP contribution in [0, 0.1) is 17.8 Å². The molecule has 2 heteroatoms. The lowest BCUT2D eigenvalue weighted by molar-refractivity contribution is 0.0983. The van der Waals surface area contributed by atoms with Gasteiger partial charge in [-0.2, -0.15) is 0 Å². The molecule has 5 unspecified atom stereocenters. The van der Waals surface area contributed by atoms with Crippen molar-refractivity contribution in [1.82, 2.24) is 0 Å². The predicted molar refractivity (Wildman–Crippen MR) is 74.7 cm³/mol. The topological polar surface area (TPSA) is 21.8 Å². The SMILES string of the molecule is C(=C\c1ccccc1)/COCC1CC2CC1C1OC21. The van der Waals surface area contributed by atoms with Gasteiger partial charge in [0, 0.05) is 0 Å². The molecule has 0 aromatic heterocycles. The zero-order valence-electron chi connectivity index (χ0n) is 11.1. The normalized spacial score (nSPS) is 38.8. The van der Waals surface area contributed by atoms with Crippen LogP contribution in [0.4, 0.5) is 0 Å². The van der Waals surface area contributed by atoms with E-state index in [4.69, 9.17) is 9.47 Å². The van der Waals surface area contributed by atoms with Crippen LogP contribution < -0.4 is 0 Å². The maximum Gasteiger partial charge on any atom is 0.0876 e. The first-order valence-corrected chi connectivity index (χ1v) is 7.36. The molecule has 3 aliphatic rings. The Hall–Kier alpha value is -1.12. The largest absolute Gasteiger partial charge is 0.377 e. The van der Waals surface area contributed by atoms with E-state index < -0.39 is 0 Å². The summed E-state index contributed by atoms with van der Waals surface area (Å²) in [5.41, 5.74) is 1.24. The summed E-state index contributed by atoms with van der Waals surface area (Å²) in [6, 6.07) is 10.4. The van der Waals surface area contributed by atoms with Gasteiger partial charge in [-0.15, -0.1) is 0 Å². The number of epoxide rings is 1. The van der Waals surface area contributed by atoms with Gasteiger partial charge in [-0.3, -0.25) is 0 Å². The fourth-order valence-electron chi connectivity index (χ4n) is 3.96. The highest BCUT2D eigenvalue weighted by Crippen LogP contribution is 2.58. The lowest BCUT2D eigenvalue weighted by Gasteiger charge is -2.18. The van der Waals surface area contributed by atoms with Crippen molar-refractivity contribution in [2.24, 2.45) is 17.8 Å². The van der Waals surface area contributed by atoms with Crippen molar-refractivity contribution in [2.75, 3.05) is 13.2 Å². The van der Waals surface area contributed by atoms with Crippen molar-refractivity contribution in [1.29, 1.82) is 0 Å². The van der Waals surface area contributed by atoms with Gasteiger partial charge < -0.3 is 9.47 Å². The van der Waals surface area contributed by atoms with Gasteiger partial charge in [-0.05, 0) is 36.2 Å². The van der Waals surface area contributed by atoms with E-state index in [1.807, 2.05) is 6.07 Å². The molecule has 0 spiro atoms. The Labute approximate surface area is 114 Å². The molecule has 0 radical (unpaired) electrons. The van der Waals surface area contributed by atoms with Gasteiger partial charge in [0.2, 0.25) is 0 Å². The minimum atomic E-state index is 0.604. The summed E-state index contributed by atoms with van der Waals surface area (Å²) in [7, 11) is 0. The molecule has 3 fully saturated rings. The molecule has 1 aliphatic heterocycles. The monoisotopic (exact) mass is 256 g/mol. The Kier molecular flexibility index (Phi) is 2.93. The summed E-state index contributed by atoms with van der Waals surface area (Å²) in [4.78, 5) is 0. The minimum Gasteiger partial charge on any atom is -0.377 e. The fourth-order valence-corrected chi connectivity index (χ4v) is 3.96. The third kappa shape index (κ3) is 2.24. The van der Waals surface area contributed by atoms with E-state index in [-0.39, 0.29) is 0 Å². The highest BCUT2D eigenvalue weighted by molar-refractivity contribution is 5.48. The highest BCUT2D eigenvalue weighted by atomic mass is 16.6. The van der Waals surface area contributed by atoms with Gasteiger partial charge >= 0.3 is 0 Å². The average Bonchev–Trinajstić information content (AvgIpc) is 3.06. The van der Waals surface area contributed by atoms with Crippen molar-refractivity contribution in [3.63, 3.8) is 0 Å². The van der Waals surface area contributed by atoms with Crippen LogP contribution >= 0.6 is 0 Å². The van der Waals surface area contributed by atoms with Gasteiger partial charge in [0.1, 0.15) is 0 Å². The van der Waals surface area contributed by atoms with Crippen LogP contribution in [0.15, 0.2) is 36.4 Å². The molecule has 1 saturated heterocycles. The van der Waals surface area contributed by atoms with Crippen molar-refractivity contribution < 1.29 is 9.47 Å². The average molecular weight is 256 g/mol. The Morgan fingerprint density at radius 3 is 2.84 bits per heavy atom. The second-order valence-electron chi connectivity index (χ2n) is 6.07. The molecular formula is C17H20O2. The lowest BCUT2D eigenvalue weighted by atomic mass is 9.89. The standard InChI is InChI=1S/C17H20O2/c1-2-5-12(6-3-1)7-4-8-18-11-14-9-13-10-15(14)17-16(13)19-17/h1-7,13-17H,8-11H2/b7-4+. The quantitative estimate of drug-likeness (QED) is 0.596. The lowest BCUT2D eigenvalue weighted by Crippen LogP contribution is -2.22. The number of fused-ring (bicyclic) bond motifs is 5. The summed E-state index contributed by atoms with van der Waals surface area (Å²) in [5, 5.41) is 0. The fraction of sp³-hybridized carbons (Fsp3) is 0.529. The second-order valence-corrected chi connectivity index (χ2v) is 6.07. The second kappa shape index (κ2) is 4.77. The molecule has 100 valence electrons. The first kappa shape index (κ1) is 11.7.